The van der Waals surface area contributed by atoms with Crippen LogP contribution in [-0.4, -0.2) is 57.4 Å². The molecule has 0 radical (unpaired) electrons. The van der Waals surface area contributed by atoms with E-state index in [0.29, 0.717) is 37.1 Å². The van der Waals surface area contributed by atoms with E-state index in [1.54, 1.807) is 6.92 Å². The van der Waals surface area contributed by atoms with Crippen molar-refractivity contribution < 1.29 is 23.8 Å². The minimum Gasteiger partial charge on any atom is -0.423 e. The fraction of sp³-hybridized carbons (Fsp3) is 0.517. The van der Waals surface area contributed by atoms with Gasteiger partial charge < -0.3 is 24.0 Å². The van der Waals surface area contributed by atoms with Gasteiger partial charge in [-0.1, -0.05) is 12.1 Å². The molecule has 3 heterocycles. The third kappa shape index (κ3) is 4.50. The number of hydrogen-bond acceptors (Lipinski definition) is 6. The Balaban J connectivity index is 1.40. The molecule has 2 aromatic rings. The molecule has 0 saturated carbocycles. The van der Waals surface area contributed by atoms with Crippen molar-refractivity contribution >= 4 is 23.3 Å². The Labute approximate surface area is 213 Å². The molecule has 0 aliphatic carbocycles. The number of anilines is 2. The first-order chi connectivity index (χ1) is 17.4. The van der Waals surface area contributed by atoms with Gasteiger partial charge in [0.15, 0.2) is 0 Å². The molecule has 1 spiro atoms. The molecule has 3 aliphatic rings. The number of carbonyl (C=O) groups excluding carboxylic acids is 2. The number of benzene rings is 2. The lowest BCUT2D eigenvalue weighted by Gasteiger charge is -2.36. The molecule has 2 aromatic carbocycles. The number of fused-ring (bicyclic) bond motifs is 2. The van der Waals surface area contributed by atoms with E-state index in [2.05, 4.69) is 17.9 Å². The van der Waals surface area contributed by atoms with Crippen molar-refractivity contribution in [1.29, 1.82) is 0 Å². The zero-order valence-corrected chi connectivity index (χ0v) is 21.5. The molecule has 2 saturated heterocycles. The van der Waals surface area contributed by atoms with Gasteiger partial charge in [-0.2, -0.15) is 0 Å². The summed E-state index contributed by atoms with van der Waals surface area (Å²) >= 11 is 0. The van der Waals surface area contributed by atoms with Gasteiger partial charge in [-0.15, -0.1) is 0 Å². The monoisotopic (exact) mass is 492 g/mol. The number of rotatable bonds is 5. The zero-order valence-electron chi connectivity index (χ0n) is 21.5. The van der Waals surface area contributed by atoms with Gasteiger partial charge in [-0.3, -0.25) is 4.79 Å². The summed E-state index contributed by atoms with van der Waals surface area (Å²) in [7, 11) is 0. The molecule has 0 atom stereocenters. The van der Waals surface area contributed by atoms with Gasteiger partial charge in [-0.25, -0.2) is 4.79 Å². The highest BCUT2D eigenvalue weighted by Crippen LogP contribution is 2.48. The number of esters is 1. The smallest absolute Gasteiger partial charge is 0.343 e. The van der Waals surface area contributed by atoms with Gasteiger partial charge in [-0.05, 0) is 68.9 Å². The Bertz CT molecular complexity index is 1130. The number of ether oxygens (including phenoxy) is 3. The summed E-state index contributed by atoms with van der Waals surface area (Å²) in [6.45, 7) is 10.2. The maximum atomic E-state index is 13.3. The first-order valence-corrected chi connectivity index (χ1v) is 13.1. The highest BCUT2D eigenvalue weighted by atomic mass is 16.5. The van der Waals surface area contributed by atoms with E-state index in [-0.39, 0.29) is 17.3 Å². The second-order valence-electron chi connectivity index (χ2n) is 10.1. The zero-order chi connectivity index (χ0) is 25.3. The average Bonchev–Trinajstić information content (AvgIpc) is 3.19. The van der Waals surface area contributed by atoms with Crippen molar-refractivity contribution in [2.75, 3.05) is 49.3 Å². The standard InChI is InChI=1S/C29H36N2O5/c1-4-30(22-10-14-34-15-11-22)26-7-5-6-24(20(26)2)28(33)36-23-8-9-25-27(18-23)31(21(3)32)19-29(25)12-16-35-17-13-29/h5-9,18,22H,4,10-17,19H2,1-3H3. The van der Waals surface area contributed by atoms with Gasteiger partial charge >= 0.3 is 5.97 Å². The second-order valence-corrected chi connectivity index (χ2v) is 10.1. The Hall–Kier alpha value is -2.90. The van der Waals surface area contributed by atoms with E-state index in [1.807, 2.05) is 42.2 Å². The summed E-state index contributed by atoms with van der Waals surface area (Å²) < 4.78 is 17.0. The van der Waals surface area contributed by atoms with Gasteiger partial charge in [0.05, 0.1) is 11.3 Å². The van der Waals surface area contributed by atoms with Crippen molar-refractivity contribution in [1.82, 2.24) is 0 Å². The normalized spacial score (nSPS) is 19.2. The molecular weight excluding hydrogens is 456 g/mol. The van der Waals surface area contributed by atoms with Crippen LogP contribution in [0.25, 0.3) is 0 Å². The lowest BCUT2D eigenvalue weighted by atomic mass is 9.76. The van der Waals surface area contributed by atoms with E-state index >= 15 is 0 Å². The summed E-state index contributed by atoms with van der Waals surface area (Å²) in [5.74, 6) is 0.0700. The van der Waals surface area contributed by atoms with Crippen molar-refractivity contribution in [3.8, 4) is 5.75 Å². The van der Waals surface area contributed by atoms with Crippen LogP contribution in [0.15, 0.2) is 36.4 Å². The minimum atomic E-state index is -0.384. The SMILES string of the molecule is CCN(c1cccc(C(=O)Oc2ccc3c(c2)N(C(C)=O)CC32CCOCC2)c1C)C1CCOCC1. The highest BCUT2D eigenvalue weighted by Gasteiger charge is 2.45. The minimum absolute atomic E-state index is 0.000547. The Morgan fingerprint density at radius 1 is 1.08 bits per heavy atom. The summed E-state index contributed by atoms with van der Waals surface area (Å²) in [5, 5.41) is 0. The quantitative estimate of drug-likeness (QED) is 0.448. The number of nitrogens with zero attached hydrogens (tertiary/aromatic N) is 2. The van der Waals surface area contributed by atoms with Crippen LogP contribution in [0, 0.1) is 6.92 Å². The van der Waals surface area contributed by atoms with Crippen molar-refractivity contribution in [2.24, 2.45) is 0 Å². The maximum absolute atomic E-state index is 13.3. The van der Waals surface area contributed by atoms with Gasteiger partial charge in [0.2, 0.25) is 5.91 Å². The van der Waals surface area contributed by atoms with Gasteiger partial charge in [0.1, 0.15) is 5.75 Å². The van der Waals surface area contributed by atoms with Crippen LogP contribution >= 0.6 is 0 Å². The highest BCUT2D eigenvalue weighted by molar-refractivity contribution is 5.96. The molecule has 7 nitrogen and oxygen atoms in total. The van der Waals surface area contributed by atoms with Gasteiger partial charge in [0, 0.05) is 69.7 Å². The van der Waals surface area contributed by atoms with Crippen molar-refractivity contribution in [3.63, 3.8) is 0 Å². The van der Waals surface area contributed by atoms with E-state index in [1.165, 1.54) is 0 Å². The van der Waals surface area contributed by atoms with E-state index in [4.69, 9.17) is 14.2 Å². The van der Waals surface area contributed by atoms with Crippen LogP contribution in [0.4, 0.5) is 11.4 Å². The van der Waals surface area contributed by atoms with E-state index in [0.717, 1.165) is 67.9 Å². The van der Waals surface area contributed by atoms with Crippen LogP contribution in [0.3, 0.4) is 0 Å². The topological polar surface area (TPSA) is 68.3 Å². The molecule has 5 rings (SSSR count). The Morgan fingerprint density at radius 2 is 1.81 bits per heavy atom. The Kier molecular flexibility index (Phi) is 7.04. The van der Waals surface area contributed by atoms with Crippen molar-refractivity contribution in [3.05, 3.63) is 53.1 Å². The third-order valence-electron chi connectivity index (χ3n) is 8.14. The molecular formula is C29H36N2O5. The second kappa shape index (κ2) is 10.2. The average molecular weight is 493 g/mol. The molecule has 0 aromatic heterocycles. The lowest BCUT2D eigenvalue weighted by molar-refractivity contribution is -0.116. The van der Waals surface area contributed by atoms with Crippen LogP contribution < -0.4 is 14.5 Å². The van der Waals surface area contributed by atoms with Crippen molar-refractivity contribution in [2.45, 2.75) is 57.9 Å². The predicted octanol–water partition coefficient (Wildman–Crippen LogP) is 4.63. The van der Waals surface area contributed by atoms with Crippen LogP contribution in [0.1, 0.15) is 61.0 Å². The van der Waals surface area contributed by atoms with Gasteiger partial charge in [0.25, 0.3) is 0 Å². The van der Waals surface area contributed by atoms with Crippen LogP contribution in [-0.2, 0) is 19.7 Å². The molecule has 1 amide bonds. The number of carbonyl (C=O) groups is 2. The fourth-order valence-corrected chi connectivity index (χ4v) is 6.13. The lowest BCUT2D eigenvalue weighted by Crippen LogP contribution is -2.40. The summed E-state index contributed by atoms with van der Waals surface area (Å²) in [6, 6.07) is 12.0. The van der Waals surface area contributed by atoms with E-state index < -0.39 is 0 Å². The third-order valence-corrected chi connectivity index (χ3v) is 8.14. The first kappa shape index (κ1) is 24.8. The van der Waals surface area contributed by atoms with Crippen LogP contribution in [0.5, 0.6) is 5.75 Å². The predicted molar refractivity (Wildman–Crippen MR) is 139 cm³/mol. The maximum Gasteiger partial charge on any atom is 0.343 e. The summed E-state index contributed by atoms with van der Waals surface area (Å²) in [4.78, 5) is 30.0. The molecule has 192 valence electrons. The van der Waals surface area contributed by atoms with E-state index in [9.17, 15) is 9.59 Å². The number of hydrogen-bond donors (Lipinski definition) is 0. The molecule has 0 unspecified atom stereocenters. The summed E-state index contributed by atoms with van der Waals surface area (Å²) in [5.41, 5.74) is 4.45. The first-order valence-electron chi connectivity index (χ1n) is 13.1. The fourth-order valence-electron chi connectivity index (χ4n) is 6.13. The Morgan fingerprint density at radius 3 is 2.50 bits per heavy atom. The summed E-state index contributed by atoms with van der Waals surface area (Å²) in [6.07, 6.45) is 3.74. The molecule has 7 heteroatoms. The largest absolute Gasteiger partial charge is 0.423 e. The molecule has 3 aliphatic heterocycles. The molecule has 2 fully saturated rings. The molecule has 0 N–H and O–H groups in total. The molecule has 0 bridgehead atoms. The number of amides is 1. The van der Waals surface area contributed by atoms with Crippen LogP contribution in [0.2, 0.25) is 0 Å². The molecule has 36 heavy (non-hydrogen) atoms.